The van der Waals surface area contributed by atoms with Crippen LogP contribution in [0.25, 0.3) is 0 Å². The summed E-state index contributed by atoms with van der Waals surface area (Å²) in [6, 6.07) is 8.15. The highest BCUT2D eigenvalue weighted by atomic mass is 35.5. The van der Waals surface area contributed by atoms with Gasteiger partial charge in [0.15, 0.2) is 11.6 Å². The minimum Gasteiger partial charge on any atom is -0.486 e. The number of hydrogen-bond acceptors (Lipinski definition) is 2. The fourth-order valence-corrected chi connectivity index (χ4v) is 1.91. The standard InChI is InChI=1S/C15H13ClF2O2/c1-9(19)10-3-5-15(14(18)6-10)20-8-11-2-4-12(17)7-13(11)16/h2-7,9,19H,8H2,1H3. The number of aliphatic hydroxyl groups excluding tert-OH is 1. The van der Waals surface area contributed by atoms with Crippen LogP contribution in [0.4, 0.5) is 8.78 Å². The minimum atomic E-state index is -0.745. The Balaban J connectivity index is 2.11. The maximum Gasteiger partial charge on any atom is 0.165 e. The van der Waals surface area contributed by atoms with Crippen LogP contribution in [0.1, 0.15) is 24.2 Å². The second kappa shape index (κ2) is 6.20. The van der Waals surface area contributed by atoms with Crippen LogP contribution in [0, 0.1) is 11.6 Å². The summed E-state index contributed by atoms with van der Waals surface area (Å²) in [5, 5.41) is 9.58. The first kappa shape index (κ1) is 14.8. The monoisotopic (exact) mass is 298 g/mol. The highest BCUT2D eigenvalue weighted by molar-refractivity contribution is 6.31. The number of ether oxygens (including phenoxy) is 1. The Bertz CT molecular complexity index is 615. The molecule has 0 radical (unpaired) electrons. The molecule has 2 aromatic carbocycles. The van der Waals surface area contributed by atoms with E-state index in [4.69, 9.17) is 16.3 Å². The van der Waals surface area contributed by atoms with Crippen molar-refractivity contribution in [2.24, 2.45) is 0 Å². The van der Waals surface area contributed by atoms with Crippen molar-refractivity contribution in [3.8, 4) is 5.75 Å². The van der Waals surface area contributed by atoms with Crippen LogP contribution in [0.5, 0.6) is 5.75 Å². The summed E-state index contributed by atoms with van der Waals surface area (Å²) < 4.78 is 31.9. The maximum atomic E-state index is 13.7. The predicted octanol–water partition coefficient (Wildman–Crippen LogP) is 4.25. The average molecular weight is 299 g/mol. The maximum absolute atomic E-state index is 13.7. The molecule has 0 spiro atoms. The van der Waals surface area contributed by atoms with E-state index in [2.05, 4.69) is 0 Å². The Morgan fingerprint density at radius 1 is 1.20 bits per heavy atom. The summed E-state index contributed by atoms with van der Waals surface area (Å²) in [6.07, 6.45) is -0.745. The molecule has 20 heavy (non-hydrogen) atoms. The van der Waals surface area contributed by atoms with Gasteiger partial charge in [-0.05, 0) is 36.8 Å². The molecule has 0 saturated heterocycles. The van der Waals surface area contributed by atoms with Gasteiger partial charge in [-0.2, -0.15) is 0 Å². The van der Waals surface area contributed by atoms with Crippen molar-refractivity contribution in [3.63, 3.8) is 0 Å². The lowest BCUT2D eigenvalue weighted by atomic mass is 10.1. The third-order valence-corrected chi connectivity index (χ3v) is 3.19. The van der Waals surface area contributed by atoms with Gasteiger partial charge in [0.1, 0.15) is 12.4 Å². The van der Waals surface area contributed by atoms with E-state index in [0.29, 0.717) is 11.1 Å². The van der Waals surface area contributed by atoms with Crippen molar-refractivity contribution in [1.82, 2.24) is 0 Å². The first-order valence-corrected chi connectivity index (χ1v) is 6.39. The molecular formula is C15H13ClF2O2. The molecule has 0 aromatic heterocycles. The lowest BCUT2D eigenvalue weighted by Gasteiger charge is -2.11. The summed E-state index contributed by atoms with van der Waals surface area (Å²) in [6.45, 7) is 1.58. The van der Waals surface area contributed by atoms with Crippen molar-refractivity contribution in [2.75, 3.05) is 0 Å². The summed E-state index contributed by atoms with van der Waals surface area (Å²) in [7, 11) is 0. The van der Waals surface area contributed by atoms with Gasteiger partial charge in [-0.25, -0.2) is 8.78 Å². The van der Waals surface area contributed by atoms with Crippen LogP contribution in [-0.2, 0) is 6.61 Å². The second-order valence-corrected chi connectivity index (χ2v) is 4.80. The van der Waals surface area contributed by atoms with E-state index in [1.165, 1.54) is 30.3 Å². The number of rotatable bonds is 4. The molecule has 0 heterocycles. The van der Waals surface area contributed by atoms with Gasteiger partial charge in [0.2, 0.25) is 0 Å². The third kappa shape index (κ3) is 3.46. The third-order valence-electron chi connectivity index (χ3n) is 2.84. The molecule has 2 rings (SSSR count). The SMILES string of the molecule is CC(O)c1ccc(OCc2ccc(F)cc2Cl)c(F)c1. The van der Waals surface area contributed by atoms with E-state index in [1.54, 1.807) is 13.0 Å². The van der Waals surface area contributed by atoms with Crippen LogP contribution >= 0.6 is 11.6 Å². The van der Waals surface area contributed by atoms with Gasteiger partial charge in [-0.1, -0.05) is 23.7 Å². The summed E-state index contributed by atoms with van der Waals surface area (Å²) in [5.74, 6) is -0.956. The number of benzene rings is 2. The summed E-state index contributed by atoms with van der Waals surface area (Å²) in [4.78, 5) is 0. The molecule has 0 amide bonds. The van der Waals surface area contributed by atoms with Gasteiger partial charge in [0.05, 0.1) is 11.1 Å². The quantitative estimate of drug-likeness (QED) is 0.914. The van der Waals surface area contributed by atoms with Crippen LogP contribution in [0.2, 0.25) is 5.02 Å². The highest BCUT2D eigenvalue weighted by Crippen LogP contribution is 2.24. The summed E-state index contributed by atoms with van der Waals surface area (Å²) >= 11 is 5.86. The average Bonchev–Trinajstić information content (AvgIpc) is 2.38. The van der Waals surface area contributed by atoms with Crippen molar-refractivity contribution < 1.29 is 18.6 Å². The zero-order valence-electron chi connectivity index (χ0n) is 10.7. The van der Waals surface area contributed by atoms with Crippen molar-refractivity contribution in [2.45, 2.75) is 19.6 Å². The predicted molar refractivity (Wildman–Crippen MR) is 72.8 cm³/mol. The van der Waals surface area contributed by atoms with E-state index < -0.39 is 17.7 Å². The molecule has 0 saturated carbocycles. The molecule has 0 fully saturated rings. The highest BCUT2D eigenvalue weighted by Gasteiger charge is 2.09. The van der Waals surface area contributed by atoms with Gasteiger partial charge in [0, 0.05) is 5.56 Å². The van der Waals surface area contributed by atoms with Crippen LogP contribution < -0.4 is 4.74 Å². The Kier molecular flexibility index (Phi) is 4.57. The first-order valence-electron chi connectivity index (χ1n) is 6.01. The molecule has 1 unspecified atom stereocenters. The zero-order valence-corrected chi connectivity index (χ0v) is 11.5. The number of halogens is 3. The Morgan fingerprint density at radius 2 is 1.95 bits per heavy atom. The Hall–Kier alpha value is -1.65. The molecule has 1 N–H and O–H groups in total. The molecule has 0 aliphatic heterocycles. The van der Waals surface area contributed by atoms with Crippen LogP contribution in [-0.4, -0.2) is 5.11 Å². The summed E-state index contributed by atoms with van der Waals surface area (Å²) in [5.41, 5.74) is 1.03. The second-order valence-electron chi connectivity index (χ2n) is 4.39. The van der Waals surface area contributed by atoms with E-state index >= 15 is 0 Å². The van der Waals surface area contributed by atoms with Gasteiger partial charge in [0.25, 0.3) is 0 Å². The lowest BCUT2D eigenvalue weighted by molar-refractivity contribution is 0.198. The molecule has 1 atom stereocenters. The Labute approximate surface area is 120 Å². The zero-order chi connectivity index (χ0) is 14.7. The fourth-order valence-electron chi connectivity index (χ4n) is 1.69. The van der Waals surface area contributed by atoms with E-state index in [0.717, 1.165) is 0 Å². The van der Waals surface area contributed by atoms with E-state index in [-0.39, 0.29) is 17.4 Å². The van der Waals surface area contributed by atoms with Gasteiger partial charge >= 0.3 is 0 Å². The normalized spacial score (nSPS) is 12.2. The molecule has 0 aliphatic rings. The molecule has 106 valence electrons. The van der Waals surface area contributed by atoms with Crippen molar-refractivity contribution >= 4 is 11.6 Å². The van der Waals surface area contributed by atoms with E-state index in [1.807, 2.05) is 0 Å². The van der Waals surface area contributed by atoms with Crippen LogP contribution in [0.3, 0.4) is 0 Å². The molecular weight excluding hydrogens is 286 g/mol. The van der Waals surface area contributed by atoms with Crippen LogP contribution in [0.15, 0.2) is 36.4 Å². The largest absolute Gasteiger partial charge is 0.486 e. The fraction of sp³-hybridized carbons (Fsp3) is 0.200. The molecule has 5 heteroatoms. The minimum absolute atomic E-state index is 0.0318. The molecule has 0 bridgehead atoms. The topological polar surface area (TPSA) is 29.5 Å². The Morgan fingerprint density at radius 3 is 2.55 bits per heavy atom. The van der Waals surface area contributed by atoms with E-state index in [9.17, 15) is 13.9 Å². The van der Waals surface area contributed by atoms with Crippen molar-refractivity contribution in [3.05, 3.63) is 64.2 Å². The smallest absolute Gasteiger partial charge is 0.165 e. The van der Waals surface area contributed by atoms with Gasteiger partial charge < -0.3 is 9.84 Å². The van der Waals surface area contributed by atoms with Gasteiger partial charge in [-0.15, -0.1) is 0 Å². The molecule has 0 aliphatic carbocycles. The lowest BCUT2D eigenvalue weighted by Crippen LogP contribution is -2.00. The molecule has 2 nitrogen and oxygen atoms in total. The first-order chi connectivity index (χ1) is 9.47. The molecule has 2 aromatic rings. The number of hydrogen-bond donors (Lipinski definition) is 1. The van der Waals surface area contributed by atoms with Crippen molar-refractivity contribution in [1.29, 1.82) is 0 Å². The number of aliphatic hydroxyl groups is 1. The van der Waals surface area contributed by atoms with Gasteiger partial charge in [-0.3, -0.25) is 0 Å².